The first-order valence-electron chi connectivity index (χ1n) is 6.59. The summed E-state index contributed by atoms with van der Waals surface area (Å²) in [5, 5.41) is 0. The molecule has 0 unspecified atom stereocenters. The van der Waals surface area contributed by atoms with Gasteiger partial charge in [-0.05, 0) is 25.0 Å². The zero-order valence-electron chi connectivity index (χ0n) is 10.5. The van der Waals surface area contributed by atoms with Crippen LogP contribution in [0.3, 0.4) is 0 Å². The average molecular weight is 319 g/mol. The maximum Gasteiger partial charge on any atom is 0.251 e. The van der Waals surface area contributed by atoms with Crippen molar-refractivity contribution in [2.75, 3.05) is 0 Å². The van der Waals surface area contributed by atoms with Crippen LogP contribution in [0.5, 0.6) is 0 Å². The van der Waals surface area contributed by atoms with Crippen LogP contribution in [0, 0.1) is 0 Å². The number of aromatic nitrogens is 2. The van der Waals surface area contributed by atoms with E-state index in [0.29, 0.717) is 11.7 Å². The molecule has 1 saturated carbocycles. The molecule has 3 rings (SSSR count). The molecular formula is C15H15BrN2O. The molecule has 1 aromatic carbocycles. The molecule has 0 radical (unpaired) electrons. The van der Waals surface area contributed by atoms with Crippen LogP contribution in [0.2, 0.25) is 0 Å². The van der Waals surface area contributed by atoms with Gasteiger partial charge in [0.25, 0.3) is 5.56 Å². The quantitative estimate of drug-likeness (QED) is 0.914. The maximum atomic E-state index is 11.8. The average Bonchev–Trinajstić information content (AvgIpc) is 2.92. The third kappa shape index (κ3) is 2.78. The smallest absolute Gasteiger partial charge is 0.251 e. The van der Waals surface area contributed by atoms with Crippen LogP contribution in [-0.4, -0.2) is 9.97 Å². The lowest BCUT2D eigenvalue weighted by Crippen LogP contribution is -2.12. The second-order valence-electron chi connectivity index (χ2n) is 5.01. The van der Waals surface area contributed by atoms with E-state index in [1.165, 1.54) is 12.8 Å². The Morgan fingerprint density at radius 3 is 2.74 bits per heavy atom. The molecule has 4 heteroatoms. The first-order chi connectivity index (χ1) is 9.22. The Hall–Kier alpha value is -1.42. The standard InChI is InChI=1S/C15H15BrN2O/c16-12-7-3-6-11(8-12)15-17-13(9-14(19)18-15)10-4-1-2-5-10/h3,6-10H,1-2,4-5H2,(H,17,18,19). The van der Waals surface area contributed by atoms with Crippen LogP contribution in [0.1, 0.15) is 37.3 Å². The van der Waals surface area contributed by atoms with Gasteiger partial charge in [-0.3, -0.25) is 4.79 Å². The number of halogens is 1. The van der Waals surface area contributed by atoms with Gasteiger partial charge in [0.05, 0.1) is 5.69 Å². The van der Waals surface area contributed by atoms with E-state index in [1.54, 1.807) is 6.07 Å². The molecule has 0 aliphatic heterocycles. The molecule has 0 amide bonds. The Morgan fingerprint density at radius 1 is 1.21 bits per heavy atom. The fourth-order valence-corrected chi connectivity index (χ4v) is 3.08. The van der Waals surface area contributed by atoms with Gasteiger partial charge in [0.15, 0.2) is 0 Å². The van der Waals surface area contributed by atoms with Gasteiger partial charge in [0.1, 0.15) is 5.82 Å². The summed E-state index contributed by atoms with van der Waals surface area (Å²) < 4.78 is 0.985. The largest absolute Gasteiger partial charge is 0.307 e. The highest BCUT2D eigenvalue weighted by Gasteiger charge is 2.19. The Kier molecular flexibility index (Phi) is 3.51. The topological polar surface area (TPSA) is 45.8 Å². The number of rotatable bonds is 2. The normalized spacial score (nSPS) is 15.8. The van der Waals surface area contributed by atoms with Crippen LogP contribution in [0.4, 0.5) is 0 Å². The highest BCUT2D eigenvalue weighted by molar-refractivity contribution is 9.10. The molecular weight excluding hydrogens is 304 g/mol. The zero-order valence-corrected chi connectivity index (χ0v) is 12.1. The van der Waals surface area contributed by atoms with Gasteiger partial charge < -0.3 is 4.98 Å². The first kappa shape index (κ1) is 12.6. The SMILES string of the molecule is O=c1cc(C2CCCC2)nc(-c2cccc(Br)c2)[nH]1. The molecule has 3 nitrogen and oxygen atoms in total. The van der Waals surface area contributed by atoms with E-state index in [2.05, 4.69) is 25.9 Å². The monoisotopic (exact) mass is 318 g/mol. The molecule has 0 bridgehead atoms. The summed E-state index contributed by atoms with van der Waals surface area (Å²) in [7, 11) is 0. The van der Waals surface area contributed by atoms with Crippen molar-refractivity contribution < 1.29 is 0 Å². The van der Waals surface area contributed by atoms with E-state index >= 15 is 0 Å². The lowest BCUT2D eigenvalue weighted by molar-refractivity contribution is 0.693. The van der Waals surface area contributed by atoms with E-state index in [-0.39, 0.29) is 5.56 Å². The molecule has 98 valence electrons. The molecule has 1 aromatic heterocycles. The van der Waals surface area contributed by atoms with Gasteiger partial charge in [-0.1, -0.05) is 40.9 Å². The number of H-pyrrole nitrogens is 1. The van der Waals surface area contributed by atoms with Crippen molar-refractivity contribution >= 4 is 15.9 Å². The van der Waals surface area contributed by atoms with Gasteiger partial charge >= 0.3 is 0 Å². The lowest BCUT2D eigenvalue weighted by Gasteiger charge is -2.10. The first-order valence-corrected chi connectivity index (χ1v) is 7.39. The van der Waals surface area contributed by atoms with Crippen molar-refractivity contribution in [1.29, 1.82) is 0 Å². The van der Waals surface area contributed by atoms with Crippen LogP contribution >= 0.6 is 15.9 Å². The molecule has 2 aromatic rings. The summed E-state index contributed by atoms with van der Waals surface area (Å²) >= 11 is 3.44. The fourth-order valence-electron chi connectivity index (χ4n) is 2.68. The zero-order chi connectivity index (χ0) is 13.2. The Morgan fingerprint density at radius 2 is 2.00 bits per heavy atom. The maximum absolute atomic E-state index is 11.8. The number of nitrogens with zero attached hydrogens (tertiary/aromatic N) is 1. The second kappa shape index (κ2) is 5.29. The van der Waals surface area contributed by atoms with Crippen LogP contribution < -0.4 is 5.56 Å². The van der Waals surface area contributed by atoms with Crippen molar-refractivity contribution in [1.82, 2.24) is 9.97 Å². The minimum absolute atomic E-state index is 0.0631. The molecule has 19 heavy (non-hydrogen) atoms. The number of hydrogen-bond donors (Lipinski definition) is 1. The number of benzene rings is 1. The van der Waals surface area contributed by atoms with Gasteiger partial charge in [-0.2, -0.15) is 0 Å². The van der Waals surface area contributed by atoms with Crippen LogP contribution in [-0.2, 0) is 0 Å². The minimum atomic E-state index is -0.0631. The summed E-state index contributed by atoms with van der Waals surface area (Å²) in [6.45, 7) is 0. The van der Waals surface area contributed by atoms with Crippen molar-refractivity contribution in [2.45, 2.75) is 31.6 Å². The summed E-state index contributed by atoms with van der Waals surface area (Å²) in [6.07, 6.45) is 4.78. The van der Waals surface area contributed by atoms with Crippen molar-refractivity contribution in [2.24, 2.45) is 0 Å². The molecule has 0 atom stereocenters. The van der Waals surface area contributed by atoms with E-state index in [0.717, 1.165) is 28.6 Å². The highest BCUT2D eigenvalue weighted by Crippen LogP contribution is 2.33. The number of hydrogen-bond acceptors (Lipinski definition) is 2. The van der Waals surface area contributed by atoms with Gasteiger partial charge in [-0.15, -0.1) is 0 Å². The molecule has 0 spiro atoms. The number of aromatic amines is 1. The third-order valence-corrected chi connectivity index (χ3v) is 4.13. The molecule has 0 saturated heterocycles. The van der Waals surface area contributed by atoms with Crippen LogP contribution in [0.15, 0.2) is 39.6 Å². The van der Waals surface area contributed by atoms with Crippen molar-refractivity contribution in [3.8, 4) is 11.4 Å². The lowest BCUT2D eigenvalue weighted by atomic mass is 10.0. The van der Waals surface area contributed by atoms with Gasteiger partial charge in [0.2, 0.25) is 0 Å². The predicted octanol–water partition coefficient (Wildman–Crippen LogP) is 3.86. The van der Waals surface area contributed by atoms with Gasteiger partial charge in [-0.25, -0.2) is 4.98 Å². The predicted molar refractivity (Wildman–Crippen MR) is 79.2 cm³/mol. The van der Waals surface area contributed by atoms with E-state index in [1.807, 2.05) is 24.3 Å². The Balaban J connectivity index is 2.04. The van der Waals surface area contributed by atoms with Crippen molar-refractivity contribution in [3.05, 3.63) is 50.9 Å². The fraction of sp³-hybridized carbons (Fsp3) is 0.333. The summed E-state index contributed by atoms with van der Waals surface area (Å²) in [4.78, 5) is 19.3. The van der Waals surface area contributed by atoms with E-state index < -0.39 is 0 Å². The van der Waals surface area contributed by atoms with E-state index in [9.17, 15) is 4.79 Å². The molecule has 1 aliphatic carbocycles. The van der Waals surface area contributed by atoms with E-state index in [4.69, 9.17) is 0 Å². The number of nitrogens with one attached hydrogen (secondary N) is 1. The molecule has 1 N–H and O–H groups in total. The summed E-state index contributed by atoms with van der Waals surface area (Å²) in [6, 6.07) is 9.49. The van der Waals surface area contributed by atoms with Crippen molar-refractivity contribution in [3.63, 3.8) is 0 Å². The Bertz CT molecular complexity index is 645. The molecule has 1 fully saturated rings. The highest BCUT2D eigenvalue weighted by atomic mass is 79.9. The minimum Gasteiger partial charge on any atom is -0.307 e. The Labute approximate surface area is 120 Å². The summed E-state index contributed by atoms with van der Waals surface area (Å²) in [5.41, 5.74) is 1.81. The third-order valence-electron chi connectivity index (χ3n) is 3.63. The van der Waals surface area contributed by atoms with Gasteiger partial charge in [0, 0.05) is 22.0 Å². The second-order valence-corrected chi connectivity index (χ2v) is 5.93. The summed E-state index contributed by atoms with van der Waals surface area (Å²) in [5.74, 6) is 1.11. The molecule has 1 aliphatic rings. The molecule has 1 heterocycles. The van der Waals surface area contributed by atoms with Crippen LogP contribution in [0.25, 0.3) is 11.4 Å².